The molecule has 1 heterocycles. The van der Waals surface area contributed by atoms with Gasteiger partial charge in [-0.1, -0.05) is 17.7 Å². The molecule has 1 amide bonds. The molecule has 0 aliphatic heterocycles. The van der Waals surface area contributed by atoms with Gasteiger partial charge in [-0.3, -0.25) is 4.79 Å². The SMILES string of the molecule is Cc1ccc(NC(=O)c2ccc(Cl)s2)cc1C(=O)O. The van der Waals surface area contributed by atoms with Crippen molar-refractivity contribution in [1.29, 1.82) is 0 Å². The normalized spacial score (nSPS) is 10.2. The number of aryl methyl sites for hydroxylation is 1. The first-order valence-corrected chi connectivity index (χ1v) is 6.57. The Morgan fingerprint density at radius 1 is 1.26 bits per heavy atom. The van der Waals surface area contributed by atoms with Gasteiger partial charge in [0.2, 0.25) is 0 Å². The molecule has 0 spiro atoms. The number of hydrogen-bond donors (Lipinski definition) is 2. The summed E-state index contributed by atoms with van der Waals surface area (Å²) in [6, 6.07) is 8.01. The van der Waals surface area contributed by atoms with Crippen molar-refractivity contribution in [3.05, 3.63) is 50.7 Å². The lowest BCUT2D eigenvalue weighted by molar-refractivity contribution is 0.0695. The van der Waals surface area contributed by atoms with Gasteiger partial charge in [-0.25, -0.2) is 4.79 Å². The number of anilines is 1. The van der Waals surface area contributed by atoms with Crippen LogP contribution < -0.4 is 5.32 Å². The number of benzene rings is 1. The van der Waals surface area contributed by atoms with E-state index in [2.05, 4.69) is 5.32 Å². The van der Waals surface area contributed by atoms with Crippen molar-refractivity contribution in [2.45, 2.75) is 6.92 Å². The highest BCUT2D eigenvalue weighted by Crippen LogP contribution is 2.23. The van der Waals surface area contributed by atoms with Crippen molar-refractivity contribution >= 4 is 40.5 Å². The first kappa shape index (κ1) is 13.6. The first-order valence-electron chi connectivity index (χ1n) is 5.38. The molecule has 0 atom stereocenters. The molecule has 1 aromatic carbocycles. The van der Waals surface area contributed by atoms with Crippen LogP contribution in [0.15, 0.2) is 30.3 Å². The van der Waals surface area contributed by atoms with Crippen LogP contribution in [0.4, 0.5) is 5.69 Å². The average Bonchev–Trinajstić information content (AvgIpc) is 2.78. The molecular formula is C13H10ClNO3S. The predicted molar refractivity (Wildman–Crippen MR) is 75.4 cm³/mol. The number of carbonyl (C=O) groups is 2. The lowest BCUT2D eigenvalue weighted by Crippen LogP contribution is -2.11. The summed E-state index contributed by atoms with van der Waals surface area (Å²) >= 11 is 6.92. The summed E-state index contributed by atoms with van der Waals surface area (Å²) in [5.41, 5.74) is 1.25. The Labute approximate surface area is 118 Å². The Morgan fingerprint density at radius 2 is 2.00 bits per heavy atom. The zero-order valence-electron chi connectivity index (χ0n) is 9.94. The van der Waals surface area contributed by atoms with Crippen LogP contribution in [0.2, 0.25) is 4.34 Å². The lowest BCUT2D eigenvalue weighted by atomic mass is 10.1. The average molecular weight is 296 g/mol. The van der Waals surface area contributed by atoms with E-state index in [9.17, 15) is 9.59 Å². The minimum absolute atomic E-state index is 0.169. The summed E-state index contributed by atoms with van der Waals surface area (Å²) in [5, 5.41) is 11.7. The highest BCUT2D eigenvalue weighted by Gasteiger charge is 2.12. The summed E-state index contributed by atoms with van der Waals surface area (Å²) in [6.07, 6.45) is 0. The molecule has 2 aromatic rings. The number of aromatic carboxylic acids is 1. The van der Waals surface area contributed by atoms with Gasteiger partial charge in [0.1, 0.15) is 0 Å². The molecule has 0 aliphatic carbocycles. The topological polar surface area (TPSA) is 66.4 Å². The molecule has 0 saturated carbocycles. The lowest BCUT2D eigenvalue weighted by Gasteiger charge is -2.06. The molecule has 2 N–H and O–H groups in total. The quantitative estimate of drug-likeness (QED) is 0.908. The van der Waals surface area contributed by atoms with Crippen molar-refractivity contribution in [2.75, 3.05) is 5.32 Å². The minimum Gasteiger partial charge on any atom is -0.478 e. The van der Waals surface area contributed by atoms with Crippen LogP contribution in [0.5, 0.6) is 0 Å². The van der Waals surface area contributed by atoms with Crippen LogP contribution in [0, 0.1) is 6.92 Å². The van der Waals surface area contributed by atoms with E-state index in [4.69, 9.17) is 16.7 Å². The van der Waals surface area contributed by atoms with Gasteiger partial charge in [-0.15, -0.1) is 11.3 Å². The third-order valence-electron chi connectivity index (χ3n) is 2.52. The molecule has 0 fully saturated rings. The number of halogens is 1. The van der Waals surface area contributed by atoms with E-state index < -0.39 is 5.97 Å². The number of hydrogen-bond acceptors (Lipinski definition) is 3. The molecule has 1 aromatic heterocycles. The van der Waals surface area contributed by atoms with E-state index in [-0.39, 0.29) is 11.5 Å². The Hall–Kier alpha value is -1.85. The van der Waals surface area contributed by atoms with Crippen molar-refractivity contribution in [3.8, 4) is 0 Å². The van der Waals surface area contributed by atoms with Gasteiger partial charge >= 0.3 is 5.97 Å². The van der Waals surface area contributed by atoms with E-state index in [1.165, 1.54) is 17.4 Å². The summed E-state index contributed by atoms with van der Waals surface area (Å²) < 4.78 is 0.528. The van der Waals surface area contributed by atoms with E-state index in [1.54, 1.807) is 31.2 Å². The van der Waals surface area contributed by atoms with E-state index in [0.29, 0.717) is 20.5 Å². The van der Waals surface area contributed by atoms with Gasteiger partial charge in [0, 0.05) is 5.69 Å². The zero-order valence-corrected chi connectivity index (χ0v) is 11.5. The van der Waals surface area contributed by atoms with Crippen molar-refractivity contribution in [1.82, 2.24) is 0 Å². The molecule has 0 bridgehead atoms. The molecule has 19 heavy (non-hydrogen) atoms. The molecule has 6 heteroatoms. The van der Waals surface area contributed by atoms with Gasteiger partial charge in [-0.05, 0) is 36.8 Å². The van der Waals surface area contributed by atoms with Gasteiger partial charge in [0.25, 0.3) is 5.91 Å². The predicted octanol–water partition coefficient (Wildman–Crippen LogP) is 3.66. The highest BCUT2D eigenvalue weighted by molar-refractivity contribution is 7.18. The third kappa shape index (κ3) is 3.13. The summed E-state index contributed by atoms with van der Waals surface area (Å²) in [5.74, 6) is -1.33. The van der Waals surface area contributed by atoms with Crippen LogP contribution in [0.25, 0.3) is 0 Å². The molecule has 4 nitrogen and oxygen atoms in total. The third-order valence-corrected chi connectivity index (χ3v) is 3.75. The Morgan fingerprint density at radius 3 is 2.58 bits per heavy atom. The number of carbonyl (C=O) groups excluding carboxylic acids is 1. The summed E-state index contributed by atoms with van der Waals surface area (Å²) in [6.45, 7) is 1.70. The first-order chi connectivity index (χ1) is 8.97. The Balaban J connectivity index is 2.22. The molecule has 98 valence electrons. The van der Waals surface area contributed by atoms with Gasteiger partial charge < -0.3 is 10.4 Å². The second kappa shape index (κ2) is 5.42. The van der Waals surface area contributed by atoms with Gasteiger partial charge in [0.05, 0.1) is 14.8 Å². The molecule has 0 aliphatic rings. The Bertz CT molecular complexity index is 651. The Kier molecular flexibility index (Phi) is 3.87. The van der Waals surface area contributed by atoms with Crippen LogP contribution in [-0.2, 0) is 0 Å². The maximum absolute atomic E-state index is 11.9. The smallest absolute Gasteiger partial charge is 0.336 e. The number of amides is 1. The number of carboxylic acid groups (broad SMARTS) is 1. The summed E-state index contributed by atoms with van der Waals surface area (Å²) in [4.78, 5) is 23.4. The summed E-state index contributed by atoms with van der Waals surface area (Å²) in [7, 11) is 0. The number of rotatable bonds is 3. The van der Waals surface area contributed by atoms with Crippen LogP contribution in [-0.4, -0.2) is 17.0 Å². The molecule has 0 radical (unpaired) electrons. The number of carboxylic acids is 1. The molecule has 2 rings (SSSR count). The minimum atomic E-state index is -1.02. The maximum Gasteiger partial charge on any atom is 0.336 e. The second-order valence-electron chi connectivity index (χ2n) is 3.89. The maximum atomic E-state index is 11.9. The molecular weight excluding hydrogens is 286 g/mol. The molecule has 0 saturated heterocycles. The van der Waals surface area contributed by atoms with Crippen molar-refractivity contribution in [2.24, 2.45) is 0 Å². The fourth-order valence-electron chi connectivity index (χ4n) is 1.56. The number of nitrogens with one attached hydrogen (secondary N) is 1. The van der Waals surface area contributed by atoms with Crippen LogP contribution in [0.3, 0.4) is 0 Å². The monoisotopic (exact) mass is 295 g/mol. The van der Waals surface area contributed by atoms with E-state index in [1.807, 2.05) is 0 Å². The largest absolute Gasteiger partial charge is 0.478 e. The van der Waals surface area contributed by atoms with Crippen LogP contribution in [0.1, 0.15) is 25.6 Å². The number of thiophene rings is 1. The fourth-order valence-corrected chi connectivity index (χ4v) is 2.50. The van der Waals surface area contributed by atoms with Crippen molar-refractivity contribution in [3.63, 3.8) is 0 Å². The van der Waals surface area contributed by atoms with E-state index in [0.717, 1.165) is 0 Å². The zero-order chi connectivity index (χ0) is 14.0. The standard InChI is InChI=1S/C13H10ClNO3S/c1-7-2-3-8(6-9(7)13(17)18)15-12(16)10-4-5-11(14)19-10/h2-6H,1H3,(H,15,16)(H,17,18). The van der Waals surface area contributed by atoms with Crippen LogP contribution >= 0.6 is 22.9 Å². The van der Waals surface area contributed by atoms with E-state index >= 15 is 0 Å². The fraction of sp³-hybridized carbons (Fsp3) is 0.0769. The van der Waals surface area contributed by atoms with Gasteiger partial charge in [0.15, 0.2) is 0 Å². The van der Waals surface area contributed by atoms with Gasteiger partial charge in [-0.2, -0.15) is 0 Å². The highest BCUT2D eigenvalue weighted by atomic mass is 35.5. The second-order valence-corrected chi connectivity index (χ2v) is 5.61. The van der Waals surface area contributed by atoms with Crippen molar-refractivity contribution < 1.29 is 14.7 Å². The molecule has 0 unspecified atom stereocenters.